The number of benzene rings is 1. The van der Waals surface area contributed by atoms with E-state index < -0.39 is 6.10 Å². The van der Waals surface area contributed by atoms with Gasteiger partial charge < -0.3 is 15.2 Å². The van der Waals surface area contributed by atoms with Crippen molar-refractivity contribution in [2.24, 2.45) is 5.92 Å². The molecule has 19 heavy (non-hydrogen) atoms. The Balaban J connectivity index is 1.95. The van der Waals surface area contributed by atoms with Crippen molar-refractivity contribution in [3.63, 3.8) is 0 Å². The molecule has 0 aliphatic rings. The lowest BCUT2D eigenvalue weighted by Crippen LogP contribution is -2.32. The van der Waals surface area contributed by atoms with E-state index >= 15 is 0 Å². The van der Waals surface area contributed by atoms with Crippen LogP contribution < -0.4 is 5.32 Å². The Morgan fingerprint density at radius 2 is 1.89 bits per heavy atom. The molecule has 0 amide bonds. The standard InChI is InChI=1S/C16H27NO2/c1-14(2)11-17-12-16(18)13-19-10-6-9-15-7-4-3-5-8-15/h3-5,7-8,14,16-18H,6,9-13H2,1-2H3. The van der Waals surface area contributed by atoms with Crippen molar-refractivity contribution in [1.82, 2.24) is 5.32 Å². The van der Waals surface area contributed by atoms with Crippen LogP contribution in [0.15, 0.2) is 30.3 Å². The molecule has 1 unspecified atom stereocenters. The number of hydrogen-bond donors (Lipinski definition) is 2. The quantitative estimate of drug-likeness (QED) is 0.638. The summed E-state index contributed by atoms with van der Waals surface area (Å²) in [5.74, 6) is 0.610. The number of aliphatic hydroxyl groups excluding tert-OH is 1. The highest BCUT2D eigenvalue weighted by Crippen LogP contribution is 2.02. The minimum atomic E-state index is -0.407. The lowest BCUT2D eigenvalue weighted by atomic mass is 10.1. The van der Waals surface area contributed by atoms with Crippen LogP contribution in [0.2, 0.25) is 0 Å². The van der Waals surface area contributed by atoms with Crippen LogP contribution in [0.3, 0.4) is 0 Å². The van der Waals surface area contributed by atoms with Crippen LogP contribution in [0, 0.1) is 5.92 Å². The first-order chi connectivity index (χ1) is 9.18. The average molecular weight is 265 g/mol. The number of ether oxygens (including phenoxy) is 1. The molecule has 1 aromatic rings. The van der Waals surface area contributed by atoms with Crippen molar-refractivity contribution < 1.29 is 9.84 Å². The molecular weight excluding hydrogens is 238 g/mol. The summed E-state index contributed by atoms with van der Waals surface area (Å²) in [5.41, 5.74) is 1.34. The summed E-state index contributed by atoms with van der Waals surface area (Å²) in [6.07, 6.45) is 1.62. The molecule has 0 saturated carbocycles. The van der Waals surface area contributed by atoms with E-state index in [9.17, 15) is 5.11 Å². The predicted molar refractivity (Wildman–Crippen MR) is 79.3 cm³/mol. The summed E-state index contributed by atoms with van der Waals surface area (Å²) in [6, 6.07) is 10.4. The molecule has 0 heterocycles. The van der Waals surface area contributed by atoms with E-state index in [2.05, 4.69) is 43.4 Å². The number of hydrogen-bond acceptors (Lipinski definition) is 3. The molecule has 0 bridgehead atoms. The molecule has 0 saturated heterocycles. The van der Waals surface area contributed by atoms with Crippen molar-refractivity contribution in [3.8, 4) is 0 Å². The summed E-state index contributed by atoms with van der Waals surface area (Å²) in [5, 5.41) is 12.9. The van der Waals surface area contributed by atoms with Gasteiger partial charge in [-0.25, -0.2) is 0 Å². The molecule has 1 atom stereocenters. The number of rotatable bonds is 10. The maximum Gasteiger partial charge on any atom is 0.0897 e. The molecule has 0 aliphatic carbocycles. The van der Waals surface area contributed by atoms with E-state index in [0.29, 0.717) is 25.7 Å². The topological polar surface area (TPSA) is 41.5 Å². The third-order valence-corrected chi connectivity index (χ3v) is 2.84. The van der Waals surface area contributed by atoms with E-state index in [-0.39, 0.29) is 0 Å². The second kappa shape index (κ2) is 9.96. The molecule has 2 N–H and O–H groups in total. The van der Waals surface area contributed by atoms with Crippen molar-refractivity contribution >= 4 is 0 Å². The first kappa shape index (κ1) is 16.2. The Kier molecular flexibility index (Phi) is 8.47. The number of nitrogens with one attached hydrogen (secondary N) is 1. The zero-order valence-electron chi connectivity index (χ0n) is 12.1. The number of aliphatic hydroxyl groups is 1. The second-order valence-electron chi connectivity index (χ2n) is 5.37. The zero-order valence-corrected chi connectivity index (χ0v) is 12.1. The molecular formula is C16H27NO2. The van der Waals surface area contributed by atoms with Crippen molar-refractivity contribution in [2.45, 2.75) is 32.8 Å². The molecule has 3 nitrogen and oxygen atoms in total. The van der Waals surface area contributed by atoms with Gasteiger partial charge in [-0.15, -0.1) is 0 Å². The number of aryl methyl sites for hydroxylation is 1. The van der Waals surface area contributed by atoms with Gasteiger partial charge >= 0.3 is 0 Å². The lowest BCUT2D eigenvalue weighted by molar-refractivity contribution is 0.0359. The van der Waals surface area contributed by atoms with Crippen LogP contribution in [0.4, 0.5) is 0 Å². The largest absolute Gasteiger partial charge is 0.389 e. The third-order valence-electron chi connectivity index (χ3n) is 2.84. The third kappa shape index (κ3) is 8.76. The Morgan fingerprint density at radius 1 is 1.16 bits per heavy atom. The van der Waals surface area contributed by atoms with Gasteiger partial charge in [-0.3, -0.25) is 0 Å². The fourth-order valence-corrected chi connectivity index (χ4v) is 1.84. The van der Waals surface area contributed by atoms with Crippen LogP contribution in [-0.2, 0) is 11.2 Å². The monoisotopic (exact) mass is 265 g/mol. The van der Waals surface area contributed by atoms with Gasteiger partial charge in [0.15, 0.2) is 0 Å². The minimum Gasteiger partial charge on any atom is -0.389 e. The highest BCUT2D eigenvalue weighted by Gasteiger charge is 2.04. The van der Waals surface area contributed by atoms with Gasteiger partial charge in [0, 0.05) is 13.2 Å². The Hall–Kier alpha value is -0.900. The molecule has 0 fully saturated rings. The molecule has 0 aromatic heterocycles. The average Bonchev–Trinajstić information content (AvgIpc) is 2.39. The van der Waals surface area contributed by atoms with Crippen LogP contribution >= 0.6 is 0 Å². The smallest absolute Gasteiger partial charge is 0.0897 e. The minimum absolute atomic E-state index is 0.407. The first-order valence-electron chi connectivity index (χ1n) is 7.19. The summed E-state index contributed by atoms with van der Waals surface area (Å²) in [6.45, 7) is 6.97. The van der Waals surface area contributed by atoms with E-state index in [1.807, 2.05) is 6.07 Å². The SMILES string of the molecule is CC(C)CNCC(O)COCCCc1ccccc1. The molecule has 0 radical (unpaired) electrons. The molecule has 108 valence electrons. The normalized spacial score (nSPS) is 12.8. The summed E-state index contributed by atoms with van der Waals surface area (Å²) in [4.78, 5) is 0. The van der Waals surface area contributed by atoms with E-state index in [4.69, 9.17) is 4.74 Å². The molecule has 0 spiro atoms. The van der Waals surface area contributed by atoms with E-state index in [1.54, 1.807) is 0 Å². The highest BCUT2D eigenvalue weighted by molar-refractivity contribution is 5.14. The Bertz CT molecular complexity index is 314. The highest BCUT2D eigenvalue weighted by atomic mass is 16.5. The van der Waals surface area contributed by atoms with Gasteiger partial charge in [0.05, 0.1) is 12.7 Å². The van der Waals surface area contributed by atoms with Crippen LogP contribution in [-0.4, -0.2) is 37.5 Å². The first-order valence-corrected chi connectivity index (χ1v) is 7.19. The van der Waals surface area contributed by atoms with Gasteiger partial charge in [0.25, 0.3) is 0 Å². The van der Waals surface area contributed by atoms with Crippen molar-refractivity contribution in [1.29, 1.82) is 0 Å². The lowest BCUT2D eigenvalue weighted by Gasteiger charge is -2.13. The fourth-order valence-electron chi connectivity index (χ4n) is 1.84. The Labute approximate surface area is 117 Å². The summed E-state index contributed by atoms with van der Waals surface area (Å²) >= 11 is 0. The molecule has 3 heteroatoms. The van der Waals surface area contributed by atoms with Crippen molar-refractivity contribution in [3.05, 3.63) is 35.9 Å². The molecule has 0 aliphatic heterocycles. The van der Waals surface area contributed by atoms with Gasteiger partial charge in [0.2, 0.25) is 0 Å². The van der Waals surface area contributed by atoms with Crippen molar-refractivity contribution in [2.75, 3.05) is 26.3 Å². The van der Waals surface area contributed by atoms with Gasteiger partial charge in [0.1, 0.15) is 0 Å². The molecule has 1 rings (SSSR count). The Morgan fingerprint density at radius 3 is 2.58 bits per heavy atom. The predicted octanol–water partition coefficient (Wildman–Crippen LogP) is 2.24. The fraction of sp³-hybridized carbons (Fsp3) is 0.625. The van der Waals surface area contributed by atoms with Gasteiger partial charge in [-0.05, 0) is 30.9 Å². The maximum atomic E-state index is 9.69. The van der Waals surface area contributed by atoms with Gasteiger partial charge in [-0.2, -0.15) is 0 Å². The van der Waals surface area contributed by atoms with Gasteiger partial charge in [-0.1, -0.05) is 44.2 Å². The zero-order chi connectivity index (χ0) is 13.9. The second-order valence-corrected chi connectivity index (χ2v) is 5.37. The maximum absolute atomic E-state index is 9.69. The van der Waals surface area contributed by atoms with Crippen LogP contribution in [0.25, 0.3) is 0 Å². The summed E-state index contributed by atoms with van der Waals surface area (Å²) < 4.78 is 5.48. The van der Waals surface area contributed by atoms with E-state index in [0.717, 1.165) is 19.4 Å². The molecule has 1 aromatic carbocycles. The van der Waals surface area contributed by atoms with Crippen LogP contribution in [0.5, 0.6) is 0 Å². The van der Waals surface area contributed by atoms with E-state index in [1.165, 1.54) is 5.56 Å². The summed E-state index contributed by atoms with van der Waals surface area (Å²) in [7, 11) is 0. The van der Waals surface area contributed by atoms with Crippen LogP contribution in [0.1, 0.15) is 25.8 Å².